The van der Waals surface area contributed by atoms with Crippen LogP contribution in [0, 0.1) is 17.8 Å². The zero-order valence-corrected chi connectivity index (χ0v) is 16.4. The van der Waals surface area contributed by atoms with Crippen LogP contribution in [0.2, 0.25) is 0 Å². The van der Waals surface area contributed by atoms with Crippen LogP contribution in [0.15, 0.2) is 22.7 Å². The van der Waals surface area contributed by atoms with Crippen LogP contribution in [0.3, 0.4) is 0 Å². The highest BCUT2D eigenvalue weighted by Crippen LogP contribution is 2.35. The topological polar surface area (TPSA) is 72.8 Å². The smallest absolute Gasteiger partial charge is 0.344 e. The Bertz CT molecular complexity index is 628. The van der Waals surface area contributed by atoms with Crippen molar-refractivity contribution < 1.29 is 24.2 Å². The van der Waals surface area contributed by atoms with Crippen molar-refractivity contribution in [2.75, 3.05) is 6.61 Å². The van der Waals surface area contributed by atoms with Crippen molar-refractivity contribution in [2.45, 2.75) is 46.1 Å². The quantitative estimate of drug-likeness (QED) is 0.729. The van der Waals surface area contributed by atoms with Crippen molar-refractivity contribution in [1.82, 2.24) is 0 Å². The van der Waals surface area contributed by atoms with Crippen LogP contribution in [0.5, 0.6) is 5.75 Å². The molecule has 1 aromatic carbocycles. The number of phenols is 1. The van der Waals surface area contributed by atoms with Crippen LogP contribution in [0.1, 0.15) is 50.4 Å². The first-order chi connectivity index (χ1) is 11.8. The maximum Gasteiger partial charge on any atom is 0.344 e. The van der Waals surface area contributed by atoms with E-state index in [9.17, 15) is 14.7 Å². The van der Waals surface area contributed by atoms with Crippen LogP contribution >= 0.6 is 15.9 Å². The largest absolute Gasteiger partial charge is 0.507 e. The molecule has 5 nitrogen and oxygen atoms in total. The van der Waals surface area contributed by atoms with Crippen LogP contribution in [-0.4, -0.2) is 29.8 Å². The molecule has 6 heteroatoms. The van der Waals surface area contributed by atoms with E-state index in [0.717, 1.165) is 19.3 Å². The number of aromatic hydroxyl groups is 1. The molecule has 1 N–H and O–H groups in total. The molecule has 3 unspecified atom stereocenters. The number of ether oxygens (including phenoxy) is 2. The molecule has 2 rings (SSSR count). The Kier molecular flexibility index (Phi) is 6.87. The summed E-state index contributed by atoms with van der Waals surface area (Å²) < 4.78 is 11.2. The molecular weight excluding hydrogens is 388 g/mol. The zero-order valence-electron chi connectivity index (χ0n) is 14.8. The van der Waals surface area contributed by atoms with Gasteiger partial charge in [-0.05, 0) is 48.8 Å². The molecule has 1 aliphatic rings. The Hall–Kier alpha value is -1.56. The van der Waals surface area contributed by atoms with Crippen molar-refractivity contribution in [1.29, 1.82) is 0 Å². The van der Waals surface area contributed by atoms with Gasteiger partial charge in [-0.3, -0.25) is 0 Å². The number of phenolic OH excluding ortho intramolecular Hbond substituents is 1. The average molecular weight is 413 g/mol. The van der Waals surface area contributed by atoms with Crippen LogP contribution < -0.4 is 0 Å². The fourth-order valence-electron chi connectivity index (χ4n) is 3.33. The number of carbonyl (C=O) groups excluding carboxylic acids is 2. The molecule has 0 spiro atoms. The van der Waals surface area contributed by atoms with Gasteiger partial charge in [-0.1, -0.05) is 43.1 Å². The third kappa shape index (κ3) is 5.46. The lowest BCUT2D eigenvalue weighted by Gasteiger charge is -2.36. The first-order valence-electron chi connectivity index (χ1n) is 8.63. The number of hydrogen-bond donors (Lipinski definition) is 1. The van der Waals surface area contributed by atoms with E-state index in [4.69, 9.17) is 9.47 Å². The van der Waals surface area contributed by atoms with E-state index in [-0.39, 0.29) is 17.4 Å². The first kappa shape index (κ1) is 19.8. The minimum atomic E-state index is -0.756. The molecule has 1 aliphatic carbocycles. The van der Waals surface area contributed by atoms with Gasteiger partial charge in [0.25, 0.3) is 0 Å². The van der Waals surface area contributed by atoms with Gasteiger partial charge in [0.1, 0.15) is 17.4 Å². The summed E-state index contributed by atoms with van der Waals surface area (Å²) in [7, 11) is 0. The molecule has 25 heavy (non-hydrogen) atoms. The normalized spacial score (nSPS) is 23.3. The van der Waals surface area contributed by atoms with Crippen LogP contribution in [-0.2, 0) is 14.3 Å². The lowest BCUT2D eigenvalue weighted by molar-refractivity contribution is -0.159. The Morgan fingerprint density at radius 3 is 2.72 bits per heavy atom. The summed E-state index contributed by atoms with van der Waals surface area (Å²) in [6.45, 7) is 5.98. The summed E-state index contributed by atoms with van der Waals surface area (Å²) in [4.78, 5) is 24.1. The summed E-state index contributed by atoms with van der Waals surface area (Å²) in [6.07, 6.45) is 2.90. The highest BCUT2D eigenvalue weighted by atomic mass is 79.9. The van der Waals surface area contributed by atoms with Gasteiger partial charge in [0.15, 0.2) is 6.61 Å². The highest BCUT2D eigenvalue weighted by Gasteiger charge is 2.33. The Morgan fingerprint density at radius 2 is 2.04 bits per heavy atom. The molecule has 0 amide bonds. The monoisotopic (exact) mass is 412 g/mol. The first-order valence-corrected chi connectivity index (χ1v) is 9.42. The number of carbonyl (C=O) groups is 2. The molecule has 0 saturated heterocycles. The number of halogens is 1. The molecular formula is C19H25BrO5. The second-order valence-electron chi connectivity index (χ2n) is 7.09. The van der Waals surface area contributed by atoms with Crippen molar-refractivity contribution in [3.8, 4) is 5.75 Å². The van der Waals surface area contributed by atoms with Crippen molar-refractivity contribution in [3.63, 3.8) is 0 Å². The Labute approximate surface area is 156 Å². The zero-order chi connectivity index (χ0) is 18.6. The predicted molar refractivity (Wildman–Crippen MR) is 97.3 cm³/mol. The maximum absolute atomic E-state index is 12.1. The fourth-order valence-corrected chi connectivity index (χ4v) is 3.69. The summed E-state index contributed by atoms with van der Waals surface area (Å²) in [6, 6.07) is 4.44. The van der Waals surface area contributed by atoms with Crippen molar-refractivity contribution in [3.05, 3.63) is 28.2 Å². The predicted octanol–water partition coefficient (Wildman–Crippen LogP) is 4.32. The molecule has 0 aliphatic heterocycles. The number of benzene rings is 1. The minimum absolute atomic E-state index is 0.00789. The summed E-state index contributed by atoms with van der Waals surface area (Å²) in [5, 5.41) is 9.72. The van der Waals surface area contributed by atoms with Gasteiger partial charge in [-0.15, -0.1) is 0 Å². The van der Waals surface area contributed by atoms with E-state index in [1.54, 1.807) is 6.07 Å². The standard InChI is InChI=1S/C19H25BrO5/c1-11(2)14-6-4-12(3)8-17(14)25-18(22)10-24-19(23)15-9-13(20)5-7-16(15)21/h5,7,9,11-12,14,17,21H,4,6,8,10H2,1-3H3. The average Bonchev–Trinajstić information content (AvgIpc) is 2.54. The highest BCUT2D eigenvalue weighted by molar-refractivity contribution is 9.10. The lowest BCUT2D eigenvalue weighted by atomic mass is 9.75. The van der Waals surface area contributed by atoms with Gasteiger partial charge in [-0.2, -0.15) is 0 Å². The van der Waals surface area contributed by atoms with Gasteiger partial charge in [0.05, 0.1) is 0 Å². The Morgan fingerprint density at radius 1 is 1.32 bits per heavy atom. The number of rotatable bonds is 5. The van der Waals surface area contributed by atoms with Gasteiger partial charge in [0, 0.05) is 4.47 Å². The van der Waals surface area contributed by atoms with E-state index in [1.807, 2.05) is 0 Å². The minimum Gasteiger partial charge on any atom is -0.507 e. The molecule has 0 radical (unpaired) electrons. The van der Waals surface area contributed by atoms with Crippen molar-refractivity contribution >= 4 is 27.9 Å². The van der Waals surface area contributed by atoms with E-state index >= 15 is 0 Å². The third-order valence-corrected chi connectivity index (χ3v) is 5.24. The SMILES string of the molecule is CC1CCC(C(C)C)C(OC(=O)COC(=O)c2cc(Br)ccc2O)C1. The molecule has 1 aromatic rings. The fraction of sp³-hybridized carbons (Fsp3) is 0.579. The van der Waals surface area contributed by atoms with E-state index < -0.39 is 18.5 Å². The molecule has 0 bridgehead atoms. The van der Waals surface area contributed by atoms with E-state index in [1.165, 1.54) is 12.1 Å². The van der Waals surface area contributed by atoms with Crippen LogP contribution in [0.4, 0.5) is 0 Å². The maximum atomic E-state index is 12.1. The molecule has 0 aromatic heterocycles. The molecule has 3 atom stereocenters. The van der Waals surface area contributed by atoms with Gasteiger partial charge in [-0.25, -0.2) is 9.59 Å². The third-order valence-electron chi connectivity index (χ3n) is 4.74. The molecule has 0 heterocycles. The Balaban J connectivity index is 1.91. The van der Waals surface area contributed by atoms with Gasteiger partial charge < -0.3 is 14.6 Å². The second kappa shape index (κ2) is 8.70. The molecule has 1 saturated carbocycles. The second-order valence-corrected chi connectivity index (χ2v) is 8.01. The van der Waals surface area contributed by atoms with Crippen molar-refractivity contribution in [2.24, 2.45) is 17.8 Å². The van der Waals surface area contributed by atoms with E-state index in [2.05, 4.69) is 36.7 Å². The molecule has 1 fully saturated rings. The summed E-state index contributed by atoms with van der Waals surface area (Å²) >= 11 is 3.23. The van der Waals surface area contributed by atoms with Gasteiger partial charge >= 0.3 is 11.9 Å². The van der Waals surface area contributed by atoms with Crippen LogP contribution in [0.25, 0.3) is 0 Å². The van der Waals surface area contributed by atoms with E-state index in [0.29, 0.717) is 22.2 Å². The summed E-state index contributed by atoms with van der Waals surface area (Å²) in [5.41, 5.74) is 0.00789. The van der Waals surface area contributed by atoms with Gasteiger partial charge in [0.2, 0.25) is 0 Å². The number of hydrogen-bond acceptors (Lipinski definition) is 5. The number of esters is 2. The lowest BCUT2D eigenvalue weighted by Crippen LogP contribution is -2.36. The molecule has 138 valence electrons. The summed E-state index contributed by atoms with van der Waals surface area (Å²) in [5.74, 6) is -0.200.